The fraction of sp³-hybridized carbons (Fsp3) is 0.611. The van der Waals surface area contributed by atoms with E-state index in [9.17, 15) is 5.11 Å². The molecule has 2 aliphatic rings. The van der Waals surface area contributed by atoms with Gasteiger partial charge < -0.3 is 19.6 Å². The molecule has 4 heterocycles. The Morgan fingerprint density at radius 2 is 2.30 bits per heavy atom. The Hall–Kier alpha value is -2.07. The van der Waals surface area contributed by atoms with Gasteiger partial charge in [0.2, 0.25) is 6.41 Å². The molecule has 4 atom stereocenters. The molecule has 9 heteroatoms. The summed E-state index contributed by atoms with van der Waals surface area (Å²) in [5.41, 5.74) is 2.56. The lowest BCUT2D eigenvalue weighted by molar-refractivity contribution is -0.173. The lowest BCUT2D eigenvalue weighted by Gasteiger charge is -2.30. The summed E-state index contributed by atoms with van der Waals surface area (Å²) in [6.45, 7) is 3.44. The van der Waals surface area contributed by atoms with Crippen molar-refractivity contribution in [3.63, 3.8) is 0 Å². The smallest absolute Gasteiger partial charge is 0.214 e. The molecule has 1 aliphatic heterocycles. The molecule has 4 unspecified atom stereocenters. The minimum absolute atomic E-state index is 0.0145. The van der Waals surface area contributed by atoms with Gasteiger partial charge in [-0.2, -0.15) is 0 Å². The molecule has 1 saturated carbocycles. The molecule has 0 radical (unpaired) electrons. The first-order chi connectivity index (χ1) is 13.2. The van der Waals surface area contributed by atoms with Gasteiger partial charge in [-0.1, -0.05) is 13.3 Å². The number of aromatic amines is 1. The van der Waals surface area contributed by atoms with Crippen molar-refractivity contribution in [1.29, 1.82) is 0 Å². The van der Waals surface area contributed by atoms with Crippen LogP contribution in [0.1, 0.15) is 37.9 Å². The van der Waals surface area contributed by atoms with Crippen molar-refractivity contribution < 1.29 is 14.6 Å². The number of rotatable bonds is 6. The van der Waals surface area contributed by atoms with Gasteiger partial charge in [-0.05, 0) is 24.8 Å². The highest BCUT2D eigenvalue weighted by atomic mass is 16.6. The third-order valence-electron chi connectivity index (χ3n) is 5.81. The van der Waals surface area contributed by atoms with Gasteiger partial charge in [0.05, 0.1) is 37.1 Å². The van der Waals surface area contributed by atoms with Crippen molar-refractivity contribution in [3.05, 3.63) is 24.3 Å². The SMILES string of the molecule is CCC1CC(OC(O)NC2COC2)CC1c1nnc2cnc3[nH]ccc3n12. The van der Waals surface area contributed by atoms with E-state index in [1.54, 1.807) is 6.20 Å². The summed E-state index contributed by atoms with van der Waals surface area (Å²) in [6, 6.07) is 2.18. The maximum absolute atomic E-state index is 10.2. The summed E-state index contributed by atoms with van der Waals surface area (Å²) in [7, 11) is 0. The third-order valence-corrected chi connectivity index (χ3v) is 5.81. The number of aliphatic hydroxyl groups is 1. The van der Waals surface area contributed by atoms with E-state index in [2.05, 4.69) is 36.8 Å². The van der Waals surface area contributed by atoms with E-state index in [1.165, 1.54) is 0 Å². The molecule has 1 saturated heterocycles. The van der Waals surface area contributed by atoms with Crippen LogP contribution in [0.3, 0.4) is 0 Å². The van der Waals surface area contributed by atoms with Gasteiger partial charge in [0.25, 0.3) is 0 Å². The van der Waals surface area contributed by atoms with Crippen LogP contribution in [0.2, 0.25) is 0 Å². The highest BCUT2D eigenvalue weighted by Gasteiger charge is 2.39. The Labute approximate surface area is 156 Å². The largest absolute Gasteiger partial charge is 0.378 e. The second-order valence-electron chi connectivity index (χ2n) is 7.48. The minimum atomic E-state index is -0.962. The van der Waals surface area contributed by atoms with Gasteiger partial charge in [0.1, 0.15) is 5.82 Å². The molecule has 1 aliphatic carbocycles. The summed E-state index contributed by atoms with van der Waals surface area (Å²) in [6.07, 6.45) is 5.39. The van der Waals surface area contributed by atoms with Crippen molar-refractivity contribution in [1.82, 2.24) is 29.9 Å². The van der Waals surface area contributed by atoms with E-state index >= 15 is 0 Å². The summed E-state index contributed by atoms with van der Waals surface area (Å²) in [4.78, 5) is 7.53. The molecular weight excluding hydrogens is 348 g/mol. The van der Waals surface area contributed by atoms with Crippen LogP contribution in [-0.2, 0) is 9.47 Å². The fourth-order valence-electron chi connectivity index (χ4n) is 4.35. The molecule has 0 amide bonds. The zero-order chi connectivity index (χ0) is 18.4. The molecule has 3 aromatic rings. The summed E-state index contributed by atoms with van der Waals surface area (Å²) >= 11 is 0. The zero-order valence-electron chi connectivity index (χ0n) is 15.2. The minimum Gasteiger partial charge on any atom is -0.378 e. The van der Waals surface area contributed by atoms with Gasteiger partial charge in [0.15, 0.2) is 11.3 Å². The molecule has 5 rings (SSSR count). The Morgan fingerprint density at radius 3 is 3.07 bits per heavy atom. The number of hydrogen-bond acceptors (Lipinski definition) is 7. The zero-order valence-corrected chi connectivity index (χ0v) is 15.2. The van der Waals surface area contributed by atoms with Gasteiger partial charge in [0, 0.05) is 12.1 Å². The summed E-state index contributed by atoms with van der Waals surface area (Å²) < 4.78 is 13.1. The number of nitrogens with one attached hydrogen (secondary N) is 2. The van der Waals surface area contributed by atoms with Crippen LogP contribution in [0.15, 0.2) is 18.5 Å². The number of H-pyrrole nitrogens is 1. The molecule has 0 spiro atoms. The van der Waals surface area contributed by atoms with E-state index in [0.29, 0.717) is 19.1 Å². The second kappa shape index (κ2) is 6.83. The third kappa shape index (κ3) is 3.00. The molecule has 0 aromatic carbocycles. The van der Waals surface area contributed by atoms with Crippen LogP contribution in [0, 0.1) is 5.92 Å². The summed E-state index contributed by atoms with van der Waals surface area (Å²) in [5, 5.41) is 22.0. The Balaban J connectivity index is 1.39. The number of aliphatic hydroxyl groups excluding tert-OH is 1. The van der Waals surface area contributed by atoms with Crippen LogP contribution in [0.25, 0.3) is 16.8 Å². The monoisotopic (exact) mass is 372 g/mol. The molecule has 144 valence electrons. The quantitative estimate of drug-likeness (QED) is 0.557. The average molecular weight is 372 g/mol. The highest BCUT2D eigenvalue weighted by molar-refractivity contribution is 5.74. The number of hydrogen-bond donors (Lipinski definition) is 3. The number of fused-ring (bicyclic) bond motifs is 3. The maximum atomic E-state index is 10.2. The van der Waals surface area contributed by atoms with E-state index in [4.69, 9.17) is 9.47 Å². The normalized spacial score (nSPS) is 27.4. The second-order valence-corrected chi connectivity index (χ2v) is 7.48. The van der Waals surface area contributed by atoms with E-state index < -0.39 is 6.41 Å². The van der Waals surface area contributed by atoms with E-state index in [1.807, 2.05) is 12.3 Å². The van der Waals surface area contributed by atoms with Crippen LogP contribution in [0.4, 0.5) is 0 Å². The lowest BCUT2D eigenvalue weighted by atomic mass is 9.93. The predicted molar refractivity (Wildman–Crippen MR) is 97.0 cm³/mol. The van der Waals surface area contributed by atoms with Crippen molar-refractivity contribution in [2.24, 2.45) is 5.92 Å². The molecule has 27 heavy (non-hydrogen) atoms. The van der Waals surface area contributed by atoms with Crippen LogP contribution in [0.5, 0.6) is 0 Å². The fourth-order valence-corrected chi connectivity index (χ4v) is 4.35. The standard InChI is InChI=1S/C18H24N6O3/c1-2-10-5-12(27-18(25)21-11-8-26-9-11)6-13(10)17-23-22-15-7-20-16-14(24(15)17)3-4-19-16/h3-4,7,10-13,18-19,21,25H,2,5-6,8-9H2,1H3. The first-order valence-corrected chi connectivity index (χ1v) is 9.57. The van der Waals surface area contributed by atoms with Gasteiger partial charge in [-0.15, -0.1) is 10.2 Å². The first kappa shape index (κ1) is 17.1. The van der Waals surface area contributed by atoms with Crippen molar-refractivity contribution >= 4 is 16.8 Å². The van der Waals surface area contributed by atoms with Crippen molar-refractivity contribution in [2.45, 2.75) is 50.7 Å². The molecule has 3 aromatic heterocycles. The lowest BCUT2D eigenvalue weighted by Crippen LogP contribution is -2.51. The van der Waals surface area contributed by atoms with Gasteiger partial charge in [-0.25, -0.2) is 4.98 Å². The number of ether oxygens (including phenoxy) is 2. The molecule has 9 nitrogen and oxygen atoms in total. The first-order valence-electron chi connectivity index (χ1n) is 9.57. The van der Waals surface area contributed by atoms with Crippen molar-refractivity contribution in [3.8, 4) is 0 Å². The van der Waals surface area contributed by atoms with E-state index in [0.717, 1.165) is 41.9 Å². The Bertz CT molecular complexity index is 936. The van der Waals surface area contributed by atoms with Crippen molar-refractivity contribution in [2.75, 3.05) is 13.2 Å². The topological polar surface area (TPSA) is 110 Å². The highest BCUT2D eigenvalue weighted by Crippen LogP contribution is 2.42. The Morgan fingerprint density at radius 1 is 1.41 bits per heavy atom. The maximum Gasteiger partial charge on any atom is 0.214 e. The van der Waals surface area contributed by atoms with Crippen LogP contribution >= 0.6 is 0 Å². The predicted octanol–water partition coefficient (Wildman–Crippen LogP) is 1.16. The number of aromatic nitrogens is 5. The van der Waals surface area contributed by atoms with E-state index in [-0.39, 0.29) is 18.1 Å². The van der Waals surface area contributed by atoms with Crippen LogP contribution < -0.4 is 5.32 Å². The van der Waals surface area contributed by atoms with Gasteiger partial charge in [-0.3, -0.25) is 9.72 Å². The average Bonchev–Trinajstić information content (AvgIpc) is 3.34. The number of nitrogens with zero attached hydrogens (tertiary/aromatic N) is 4. The molecule has 3 N–H and O–H groups in total. The Kier molecular flexibility index (Phi) is 4.31. The molecular formula is C18H24N6O3. The summed E-state index contributed by atoms with van der Waals surface area (Å²) in [5.74, 6) is 1.61. The molecule has 2 fully saturated rings. The molecule has 0 bridgehead atoms. The van der Waals surface area contributed by atoms with Gasteiger partial charge >= 0.3 is 0 Å². The van der Waals surface area contributed by atoms with Crippen LogP contribution in [-0.4, -0.2) is 61.4 Å².